The Bertz CT molecular complexity index is 1710. The molecule has 12 heteroatoms. The van der Waals surface area contributed by atoms with E-state index in [0.29, 0.717) is 65.9 Å². The molecular weight excluding hydrogens is 694 g/mol. The van der Waals surface area contributed by atoms with Gasteiger partial charge in [0, 0.05) is 6.54 Å². The van der Waals surface area contributed by atoms with Crippen molar-refractivity contribution >= 4 is 17.8 Å². The number of hydrogen-bond donors (Lipinski definition) is 1. The maximum absolute atomic E-state index is 14.9. The minimum atomic E-state index is -1.10. The van der Waals surface area contributed by atoms with Crippen LogP contribution in [0.4, 0.5) is 0 Å². The standard InChI is InChI=1S/C42H53NO11/c1-48-34-20-18-27(22-35(34)49-2)17-19-33(29-14-11-15-31(23-29)53-26-38(44)45)54-42(47)32-16-9-10-21-43(32)41(46)39(28-12-7-6-8-13-28)30-24-36(50-3)40(52-5)37(25-30)51-4/h11,14-15,18,20,22-25,28,32-33,39H,6-10,12-13,16-17,19,21,26H2,1-5H3,(H,44,45)/t32-,33+,39?/m0/s1. The topological polar surface area (TPSA) is 139 Å². The average molecular weight is 748 g/mol. The Hall–Kier alpha value is -5.13. The lowest BCUT2D eigenvalue weighted by molar-refractivity contribution is -0.163. The lowest BCUT2D eigenvalue weighted by Gasteiger charge is -2.40. The van der Waals surface area contributed by atoms with Crippen molar-refractivity contribution < 1.29 is 52.6 Å². The van der Waals surface area contributed by atoms with Gasteiger partial charge < -0.3 is 43.2 Å². The number of carboxylic acids is 1. The summed E-state index contributed by atoms with van der Waals surface area (Å²) in [5.74, 6) is 0.809. The van der Waals surface area contributed by atoms with E-state index in [2.05, 4.69) is 0 Å². The van der Waals surface area contributed by atoms with E-state index in [1.165, 1.54) is 0 Å². The Kier molecular flexibility index (Phi) is 14.3. The van der Waals surface area contributed by atoms with Gasteiger partial charge in [0.1, 0.15) is 17.9 Å². The maximum Gasteiger partial charge on any atom is 0.341 e. The first-order valence-corrected chi connectivity index (χ1v) is 18.7. The van der Waals surface area contributed by atoms with Crippen molar-refractivity contribution in [3.05, 3.63) is 71.3 Å². The summed E-state index contributed by atoms with van der Waals surface area (Å²) in [6.07, 6.45) is 7.20. The van der Waals surface area contributed by atoms with Crippen molar-refractivity contribution in [3.63, 3.8) is 0 Å². The number of piperidine rings is 1. The summed E-state index contributed by atoms with van der Waals surface area (Å²) in [7, 11) is 7.82. The van der Waals surface area contributed by atoms with Crippen molar-refractivity contribution in [3.8, 4) is 34.5 Å². The molecular formula is C42H53NO11. The number of benzene rings is 3. The molecule has 1 aliphatic heterocycles. The predicted molar refractivity (Wildman–Crippen MR) is 201 cm³/mol. The molecule has 0 radical (unpaired) electrons. The Labute approximate surface area is 317 Å². The zero-order valence-electron chi connectivity index (χ0n) is 32.0. The van der Waals surface area contributed by atoms with Crippen LogP contribution in [-0.4, -0.2) is 82.6 Å². The highest BCUT2D eigenvalue weighted by atomic mass is 16.5. The summed E-state index contributed by atoms with van der Waals surface area (Å²) < 4.78 is 39.7. The van der Waals surface area contributed by atoms with Gasteiger partial charge in [-0.2, -0.15) is 0 Å². The minimum absolute atomic E-state index is 0.0791. The lowest BCUT2D eigenvalue weighted by atomic mass is 9.75. The number of rotatable bonds is 17. The fraction of sp³-hybridized carbons (Fsp3) is 0.500. The second-order valence-corrected chi connectivity index (χ2v) is 13.8. The summed E-state index contributed by atoms with van der Waals surface area (Å²) in [6.45, 7) is -0.0755. The van der Waals surface area contributed by atoms with Crippen LogP contribution in [0.1, 0.15) is 86.5 Å². The zero-order chi connectivity index (χ0) is 38.6. The number of carbonyl (C=O) groups excluding carboxylic acids is 2. The summed E-state index contributed by atoms with van der Waals surface area (Å²) in [6, 6.07) is 15.5. The Morgan fingerprint density at radius 3 is 2.07 bits per heavy atom. The molecule has 1 saturated carbocycles. The van der Waals surface area contributed by atoms with Crippen LogP contribution in [0.5, 0.6) is 34.5 Å². The third-order valence-electron chi connectivity index (χ3n) is 10.5. The number of carbonyl (C=O) groups is 3. The van der Waals surface area contributed by atoms with Gasteiger partial charge in [0.25, 0.3) is 0 Å². The molecule has 3 atom stereocenters. The number of methoxy groups -OCH3 is 5. The van der Waals surface area contributed by atoms with Crippen molar-refractivity contribution in [2.45, 2.75) is 82.3 Å². The Morgan fingerprint density at radius 2 is 1.43 bits per heavy atom. The van der Waals surface area contributed by atoms with Crippen molar-refractivity contribution in [1.29, 1.82) is 0 Å². The highest BCUT2D eigenvalue weighted by Gasteiger charge is 2.41. The van der Waals surface area contributed by atoms with Crippen molar-refractivity contribution in [2.75, 3.05) is 48.7 Å². The highest BCUT2D eigenvalue weighted by Crippen LogP contribution is 2.45. The number of amides is 1. The number of hydrogen-bond acceptors (Lipinski definition) is 10. The van der Waals surface area contributed by atoms with E-state index >= 15 is 0 Å². The van der Waals surface area contributed by atoms with Crippen LogP contribution < -0.4 is 28.4 Å². The van der Waals surface area contributed by atoms with Gasteiger partial charge >= 0.3 is 11.9 Å². The molecule has 292 valence electrons. The average Bonchev–Trinajstić information content (AvgIpc) is 3.21. The molecule has 2 fully saturated rings. The smallest absolute Gasteiger partial charge is 0.341 e. The van der Waals surface area contributed by atoms with Gasteiger partial charge in [-0.3, -0.25) is 4.79 Å². The van der Waals surface area contributed by atoms with E-state index in [9.17, 15) is 19.5 Å². The highest BCUT2D eigenvalue weighted by molar-refractivity contribution is 5.89. The maximum atomic E-state index is 14.9. The van der Waals surface area contributed by atoms with Crippen molar-refractivity contribution in [2.24, 2.45) is 5.92 Å². The molecule has 1 amide bonds. The van der Waals surface area contributed by atoms with Crippen LogP contribution in [0, 0.1) is 5.92 Å². The number of nitrogens with zero attached hydrogens (tertiary/aromatic N) is 1. The van der Waals surface area contributed by atoms with Crippen LogP contribution in [0.15, 0.2) is 54.6 Å². The van der Waals surface area contributed by atoms with Gasteiger partial charge in [-0.25, -0.2) is 9.59 Å². The molecule has 1 N–H and O–H groups in total. The first-order chi connectivity index (χ1) is 26.2. The monoisotopic (exact) mass is 747 g/mol. The summed E-state index contributed by atoms with van der Waals surface area (Å²) in [4.78, 5) is 42.3. The van der Waals surface area contributed by atoms with Gasteiger partial charge in [0.05, 0.1) is 41.5 Å². The molecule has 3 aromatic carbocycles. The first-order valence-electron chi connectivity index (χ1n) is 18.7. The predicted octanol–water partition coefficient (Wildman–Crippen LogP) is 7.16. The molecule has 1 saturated heterocycles. The van der Waals surface area contributed by atoms with E-state index in [1.807, 2.05) is 36.4 Å². The van der Waals surface area contributed by atoms with Gasteiger partial charge in [-0.05, 0) is 104 Å². The van der Waals surface area contributed by atoms with Crippen LogP contribution in [0.3, 0.4) is 0 Å². The Balaban J connectivity index is 1.45. The molecule has 54 heavy (non-hydrogen) atoms. The van der Waals surface area contributed by atoms with E-state index in [0.717, 1.165) is 56.1 Å². The first kappa shape index (κ1) is 40.1. The van der Waals surface area contributed by atoms with Gasteiger partial charge in [0.2, 0.25) is 11.7 Å². The fourth-order valence-electron chi connectivity index (χ4n) is 7.78. The molecule has 5 rings (SSSR count). The number of ether oxygens (including phenoxy) is 7. The number of aliphatic carboxylic acids is 1. The quantitative estimate of drug-likeness (QED) is 0.141. The summed E-state index contributed by atoms with van der Waals surface area (Å²) >= 11 is 0. The van der Waals surface area contributed by atoms with Gasteiger partial charge in [-0.1, -0.05) is 37.5 Å². The fourth-order valence-corrected chi connectivity index (χ4v) is 7.78. The van der Waals surface area contributed by atoms with E-state index < -0.39 is 36.6 Å². The second kappa shape index (κ2) is 19.3. The van der Waals surface area contributed by atoms with Crippen molar-refractivity contribution in [1.82, 2.24) is 4.90 Å². The second-order valence-electron chi connectivity index (χ2n) is 13.8. The molecule has 0 spiro atoms. The Morgan fingerprint density at radius 1 is 0.741 bits per heavy atom. The third-order valence-corrected chi connectivity index (χ3v) is 10.5. The van der Waals surface area contributed by atoms with Gasteiger partial charge in [0.15, 0.2) is 29.6 Å². The van der Waals surface area contributed by atoms with Crippen LogP contribution in [-0.2, 0) is 25.5 Å². The number of likely N-dealkylation sites (tertiary alicyclic amines) is 1. The van der Waals surface area contributed by atoms with Crippen LogP contribution in [0.25, 0.3) is 0 Å². The SMILES string of the molecule is COc1ccc(CC[C@@H](OC(=O)[C@@H]2CCCCN2C(=O)C(c2cc(OC)c(OC)c(OC)c2)C2CCCCC2)c2cccc(OCC(=O)O)c2)cc1OC. The molecule has 1 heterocycles. The van der Waals surface area contributed by atoms with E-state index in [4.69, 9.17) is 33.2 Å². The third kappa shape index (κ3) is 9.69. The number of esters is 1. The summed E-state index contributed by atoms with van der Waals surface area (Å²) in [5, 5.41) is 9.18. The molecule has 12 nitrogen and oxygen atoms in total. The molecule has 1 aliphatic carbocycles. The van der Waals surface area contributed by atoms with Gasteiger partial charge in [-0.15, -0.1) is 0 Å². The number of carboxylic acid groups (broad SMARTS) is 1. The molecule has 0 aromatic heterocycles. The largest absolute Gasteiger partial charge is 0.493 e. The van der Waals surface area contributed by atoms with Crippen LogP contribution >= 0.6 is 0 Å². The molecule has 3 aromatic rings. The molecule has 0 bridgehead atoms. The van der Waals surface area contributed by atoms with E-state index in [1.54, 1.807) is 58.6 Å². The number of aryl methyl sites for hydroxylation is 1. The normalized spacial score (nSPS) is 17.1. The zero-order valence-corrected chi connectivity index (χ0v) is 32.0. The summed E-state index contributed by atoms with van der Waals surface area (Å²) in [5.41, 5.74) is 2.37. The minimum Gasteiger partial charge on any atom is -0.493 e. The molecule has 2 aliphatic rings. The van der Waals surface area contributed by atoms with E-state index in [-0.39, 0.29) is 11.8 Å². The van der Waals surface area contributed by atoms with Crippen LogP contribution in [0.2, 0.25) is 0 Å². The lowest BCUT2D eigenvalue weighted by Crippen LogP contribution is -2.51. The molecule has 1 unspecified atom stereocenters.